The van der Waals surface area contributed by atoms with Crippen LogP contribution in [0, 0.1) is 5.41 Å². The van der Waals surface area contributed by atoms with E-state index in [2.05, 4.69) is 45.3 Å². The standard InChI is InChI=1S/C16H26BrN3O2/c1-11(16(2,3)10-20(4)5)18-15(21)19-13-9-12(17)7-8-14(13)22-6/h7-9,11H,10H2,1-6H3,(H2,18,19,21)/t11-/m1/s1. The van der Waals surface area contributed by atoms with Crippen LogP contribution >= 0.6 is 15.9 Å². The Morgan fingerprint density at radius 2 is 2.05 bits per heavy atom. The SMILES string of the molecule is COc1ccc(Br)cc1NC(=O)N[C@H](C)C(C)(C)CN(C)C. The van der Waals surface area contributed by atoms with E-state index in [1.807, 2.05) is 33.2 Å². The van der Waals surface area contributed by atoms with Crippen molar-refractivity contribution in [1.29, 1.82) is 0 Å². The van der Waals surface area contributed by atoms with Crippen molar-refractivity contribution in [2.45, 2.75) is 26.8 Å². The molecule has 5 nitrogen and oxygen atoms in total. The predicted molar refractivity (Wildman–Crippen MR) is 94.6 cm³/mol. The van der Waals surface area contributed by atoms with Gasteiger partial charge >= 0.3 is 6.03 Å². The molecule has 0 saturated heterocycles. The summed E-state index contributed by atoms with van der Waals surface area (Å²) in [6.07, 6.45) is 0. The van der Waals surface area contributed by atoms with E-state index in [4.69, 9.17) is 4.74 Å². The number of carbonyl (C=O) groups excluding carboxylic acids is 1. The molecule has 0 spiro atoms. The van der Waals surface area contributed by atoms with Crippen molar-refractivity contribution in [1.82, 2.24) is 10.2 Å². The summed E-state index contributed by atoms with van der Waals surface area (Å²) in [6, 6.07) is 5.27. The number of amides is 2. The molecule has 1 rings (SSSR count). The highest BCUT2D eigenvalue weighted by Crippen LogP contribution is 2.28. The van der Waals surface area contributed by atoms with E-state index >= 15 is 0 Å². The largest absolute Gasteiger partial charge is 0.495 e. The van der Waals surface area contributed by atoms with Crippen molar-refractivity contribution in [2.24, 2.45) is 5.41 Å². The molecular formula is C16H26BrN3O2. The van der Waals surface area contributed by atoms with Crippen LogP contribution in [0.5, 0.6) is 5.75 Å². The molecule has 1 aromatic rings. The lowest BCUT2D eigenvalue weighted by Gasteiger charge is -2.34. The molecule has 22 heavy (non-hydrogen) atoms. The predicted octanol–water partition coefficient (Wildman–Crippen LogP) is 3.56. The van der Waals surface area contributed by atoms with Crippen LogP contribution in [0.15, 0.2) is 22.7 Å². The van der Waals surface area contributed by atoms with Crippen LogP contribution < -0.4 is 15.4 Å². The van der Waals surface area contributed by atoms with Crippen LogP contribution in [0.3, 0.4) is 0 Å². The van der Waals surface area contributed by atoms with Gasteiger partial charge in [0.05, 0.1) is 12.8 Å². The fourth-order valence-electron chi connectivity index (χ4n) is 2.28. The molecule has 124 valence electrons. The monoisotopic (exact) mass is 371 g/mol. The molecule has 0 aromatic heterocycles. The molecule has 0 fully saturated rings. The second kappa shape index (κ2) is 7.83. The summed E-state index contributed by atoms with van der Waals surface area (Å²) in [4.78, 5) is 14.3. The number of benzene rings is 1. The van der Waals surface area contributed by atoms with Crippen LogP contribution in [0.25, 0.3) is 0 Å². The van der Waals surface area contributed by atoms with E-state index in [9.17, 15) is 4.79 Å². The van der Waals surface area contributed by atoms with Gasteiger partial charge in [0.25, 0.3) is 0 Å². The Balaban J connectivity index is 2.72. The zero-order chi connectivity index (χ0) is 16.9. The molecule has 6 heteroatoms. The number of rotatable bonds is 6. The number of nitrogens with one attached hydrogen (secondary N) is 2. The lowest BCUT2D eigenvalue weighted by Crippen LogP contribution is -2.48. The van der Waals surface area contributed by atoms with Gasteiger partial charge in [0.2, 0.25) is 0 Å². The first-order chi connectivity index (χ1) is 10.2. The van der Waals surface area contributed by atoms with Gasteiger partial charge in [-0.3, -0.25) is 0 Å². The van der Waals surface area contributed by atoms with Crippen LogP contribution in [-0.4, -0.2) is 44.7 Å². The topological polar surface area (TPSA) is 53.6 Å². The average Bonchev–Trinajstić information content (AvgIpc) is 2.37. The number of methoxy groups -OCH3 is 1. The number of ether oxygens (including phenoxy) is 1. The molecule has 1 atom stereocenters. The van der Waals surface area contributed by atoms with E-state index in [0.29, 0.717) is 11.4 Å². The molecule has 1 aromatic carbocycles. The van der Waals surface area contributed by atoms with E-state index < -0.39 is 0 Å². The summed E-state index contributed by atoms with van der Waals surface area (Å²) < 4.78 is 6.14. The van der Waals surface area contributed by atoms with Crippen molar-refractivity contribution < 1.29 is 9.53 Å². The van der Waals surface area contributed by atoms with Crippen molar-refractivity contribution in [3.63, 3.8) is 0 Å². The van der Waals surface area contributed by atoms with Crippen LogP contribution in [0.2, 0.25) is 0 Å². The summed E-state index contributed by atoms with van der Waals surface area (Å²) in [7, 11) is 5.64. The Hall–Kier alpha value is -1.27. The number of hydrogen-bond donors (Lipinski definition) is 2. The highest BCUT2D eigenvalue weighted by Gasteiger charge is 2.28. The summed E-state index contributed by atoms with van der Waals surface area (Å²) in [5.74, 6) is 0.624. The summed E-state index contributed by atoms with van der Waals surface area (Å²) in [5.41, 5.74) is 0.592. The molecular weight excluding hydrogens is 346 g/mol. The highest BCUT2D eigenvalue weighted by atomic mass is 79.9. The van der Waals surface area contributed by atoms with Gasteiger partial charge in [-0.15, -0.1) is 0 Å². The van der Waals surface area contributed by atoms with Gasteiger partial charge in [0, 0.05) is 17.1 Å². The molecule has 0 saturated carbocycles. The smallest absolute Gasteiger partial charge is 0.319 e. The molecule has 0 unspecified atom stereocenters. The van der Waals surface area contributed by atoms with Gasteiger partial charge in [-0.05, 0) is 44.6 Å². The number of nitrogens with zero attached hydrogens (tertiary/aromatic N) is 1. The van der Waals surface area contributed by atoms with E-state index in [1.165, 1.54) is 0 Å². The summed E-state index contributed by atoms with van der Waals surface area (Å²) >= 11 is 3.39. The Morgan fingerprint density at radius 1 is 1.41 bits per heavy atom. The summed E-state index contributed by atoms with van der Waals surface area (Å²) in [6.45, 7) is 7.17. The normalized spacial score (nSPS) is 12.9. The maximum atomic E-state index is 12.2. The van der Waals surface area contributed by atoms with E-state index in [0.717, 1.165) is 11.0 Å². The quantitative estimate of drug-likeness (QED) is 0.803. The third-order valence-electron chi connectivity index (χ3n) is 3.65. The van der Waals surface area contributed by atoms with Crippen LogP contribution in [0.1, 0.15) is 20.8 Å². The number of carbonyl (C=O) groups is 1. The molecule has 0 bridgehead atoms. The Morgan fingerprint density at radius 3 is 2.59 bits per heavy atom. The van der Waals surface area contributed by atoms with E-state index in [-0.39, 0.29) is 17.5 Å². The zero-order valence-corrected chi connectivity index (χ0v) is 15.7. The molecule has 0 heterocycles. The minimum absolute atomic E-state index is 0.0213. The molecule has 0 aliphatic rings. The van der Waals surface area contributed by atoms with Gasteiger partial charge in [0.1, 0.15) is 5.75 Å². The second-order valence-corrected chi connectivity index (χ2v) is 7.31. The maximum absolute atomic E-state index is 12.2. The van der Waals surface area contributed by atoms with Gasteiger partial charge in [-0.2, -0.15) is 0 Å². The highest BCUT2D eigenvalue weighted by molar-refractivity contribution is 9.10. The third kappa shape index (κ3) is 5.50. The van der Waals surface area contributed by atoms with Crippen LogP contribution in [0.4, 0.5) is 10.5 Å². The number of halogens is 1. The lowest BCUT2D eigenvalue weighted by molar-refractivity contribution is 0.183. The molecule has 0 radical (unpaired) electrons. The second-order valence-electron chi connectivity index (χ2n) is 6.39. The van der Waals surface area contributed by atoms with E-state index in [1.54, 1.807) is 13.2 Å². The first-order valence-corrected chi connectivity index (χ1v) is 8.01. The first-order valence-electron chi connectivity index (χ1n) is 7.21. The number of hydrogen-bond acceptors (Lipinski definition) is 3. The lowest BCUT2D eigenvalue weighted by atomic mass is 9.85. The Kier molecular flexibility index (Phi) is 6.68. The minimum atomic E-state index is -0.240. The van der Waals surface area contributed by atoms with Crippen molar-refractivity contribution in [3.05, 3.63) is 22.7 Å². The molecule has 2 N–H and O–H groups in total. The van der Waals surface area contributed by atoms with Crippen LogP contribution in [-0.2, 0) is 0 Å². The van der Waals surface area contributed by atoms with Gasteiger partial charge < -0.3 is 20.3 Å². The van der Waals surface area contributed by atoms with Gasteiger partial charge in [-0.25, -0.2) is 4.79 Å². The molecule has 0 aliphatic heterocycles. The van der Waals surface area contributed by atoms with Crippen molar-refractivity contribution in [3.8, 4) is 5.75 Å². The fourth-order valence-corrected chi connectivity index (χ4v) is 2.64. The van der Waals surface area contributed by atoms with Crippen molar-refractivity contribution >= 4 is 27.6 Å². The molecule has 0 aliphatic carbocycles. The van der Waals surface area contributed by atoms with Gasteiger partial charge in [0.15, 0.2) is 0 Å². The van der Waals surface area contributed by atoms with Gasteiger partial charge in [-0.1, -0.05) is 29.8 Å². The maximum Gasteiger partial charge on any atom is 0.319 e. The number of anilines is 1. The number of urea groups is 1. The third-order valence-corrected chi connectivity index (χ3v) is 4.15. The van der Waals surface area contributed by atoms with Crippen molar-refractivity contribution in [2.75, 3.05) is 33.1 Å². The minimum Gasteiger partial charge on any atom is -0.495 e. The fraction of sp³-hybridized carbons (Fsp3) is 0.562. The Bertz CT molecular complexity index is 518. The average molecular weight is 372 g/mol. The first kappa shape index (κ1) is 18.8. The zero-order valence-electron chi connectivity index (χ0n) is 14.2. The summed E-state index contributed by atoms with van der Waals surface area (Å²) in [5, 5.41) is 5.84. The molecule has 2 amide bonds. The Labute approximate surface area is 141 Å².